The van der Waals surface area contributed by atoms with Gasteiger partial charge in [0.15, 0.2) is 0 Å². The number of hydrogen-bond donors (Lipinski definition) is 5. The molecule has 1 aromatic carbocycles. The van der Waals surface area contributed by atoms with Crippen LogP contribution >= 0.6 is 10.6 Å². The van der Waals surface area contributed by atoms with E-state index in [1.54, 1.807) is 12.1 Å². The highest BCUT2D eigenvalue weighted by Crippen LogP contribution is 2.46. The number of aromatic nitrogens is 1. The normalized spacial score (nSPS) is 18.6. The topological polar surface area (TPSA) is 145 Å². The third kappa shape index (κ3) is 5.78. The Morgan fingerprint density at radius 2 is 1.88 bits per heavy atom. The molecule has 2 heterocycles. The van der Waals surface area contributed by atoms with Gasteiger partial charge < -0.3 is 20.3 Å². The first-order valence-electron chi connectivity index (χ1n) is 10.2. The standard InChI is InChI=1S/C21H28FN3O6S/c1-21(2,3)14-5-4-13(10-15(14)22)23-20(28)18(12-6-8-32(29,30)9-7-12)24-19(27)16-11-17(26)25-31-16/h4-5,10-12,18,29-30H,6-9H2,1-3H3,(H,23,28)(H,24,27)(H,25,26). The number of aromatic hydroxyl groups is 1. The van der Waals surface area contributed by atoms with Gasteiger partial charge in [-0.15, -0.1) is 0 Å². The van der Waals surface area contributed by atoms with E-state index in [4.69, 9.17) is 4.52 Å². The Hall–Kier alpha value is -2.63. The van der Waals surface area contributed by atoms with Gasteiger partial charge in [0.2, 0.25) is 11.7 Å². The first-order valence-corrected chi connectivity index (χ1v) is 12.1. The Bertz CT molecular complexity index is 994. The maximum absolute atomic E-state index is 14.6. The molecule has 32 heavy (non-hydrogen) atoms. The summed E-state index contributed by atoms with van der Waals surface area (Å²) in [6.45, 7) is 5.64. The lowest BCUT2D eigenvalue weighted by molar-refractivity contribution is -0.119. The molecule has 5 N–H and O–H groups in total. The van der Waals surface area contributed by atoms with Crippen molar-refractivity contribution < 1.29 is 32.7 Å². The number of anilines is 1. The van der Waals surface area contributed by atoms with E-state index in [2.05, 4.69) is 15.8 Å². The van der Waals surface area contributed by atoms with Crippen LogP contribution in [0.5, 0.6) is 5.88 Å². The van der Waals surface area contributed by atoms with E-state index in [0.29, 0.717) is 18.4 Å². The van der Waals surface area contributed by atoms with E-state index in [1.807, 2.05) is 20.8 Å². The zero-order valence-corrected chi connectivity index (χ0v) is 18.9. The number of carbonyl (C=O) groups excluding carboxylic acids is 2. The van der Waals surface area contributed by atoms with Gasteiger partial charge in [-0.25, -0.2) is 4.39 Å². The first kappa shape index (κ1) is 24.0. The molecule has 3 rings (SSSR count). The second-order valence-electron chi connectivity index (χ2n) is 8.98. The van der Waals surface area contributed by atoms with Crippen molar-refractivity contribution in [2.45, 2.75) is 45.1 Å². The van der Waals surface area contributed by atoms with Gasteiger partial charge in [-0.1, -0.05) is 26.8 Å². The van der Waals surface area contributed by atoms with E-state index in [1.165, 1.54) is 6.07 Å². The van der Waals surface area contributed by atoms with E-state index in [-0.39, 0.29) is 28.9 Å². The predicted molar refractivity (Wildman–Crippen MR) is 118 cm³/mol. The zero-order valence-electron chi connectivity index (χ0n) is 18.1. The minimum absolute atomic E-state index is 0.120. The van der Waals surface area contributed by atoms with Gasteiger partial charge >= 0.3 is 0 Å². The summed E-state index contributed by atoms with van der Waals surface area (Å²) in [5.41, 5.74) is 0.331. The summed E-state index contributed by atoms with van der Waals surface area (Å²) in [7, 11) is -2.69. The molecule has 9 nitrogen and oxygen atoms in total. The molecule has 1 unspecified atom stereocenters. The molecule has 1 fully saturated rings. The number of amides is 2. The molecule has 0 saturated carbocycles. The molecular formula is C21H28FN3O6S. The fourth-order valence-corrected chi connectivity index (χ4v) is 5.23. The lowest BCUT2D eigenvalue weighted by Gasteiger charge is -2.41. The summed E-state index contributed by atoms with van der Waals surface area (Å²) < 4.78 is 39.1. The number of carbonyl (C=O) groups is 2. The van der Waals surface area contributed by atoms with Crippen LogP contribution in [0.3, 0.4) is 0 Å². The molecule has 0 radical (unpaired) electrons. The second-order valence-corrected chi connectivity index (χ2v) is 11.4. The minimum Gasteiger partial charge on any atom is -0.491 e. The lowest BCUT2D eigenvalue weighted by atomic mass is 9.86. The summed E-state index contributed by atoms with van der Waals surface area (Å²) in [5.74, 6) is -2.69. The van der Waals surface area contributed by atoms with Crippen LogP contribution in [-0.4, -0.2) is 48.7 Å². The minimum atomic E-state index is -2.69. The van der Waals surface area contributed by atoms with Crippen molar-refractivity contribution in [2.24, 2.45) is 5.92 Å². The predicted octanol–water partition coefficient (Wildman–Crippen LogP) is 3.71. The zero-order chi connectivity index (χ0) is 23.7. The van der Waals surface area contributed by atoms with Crippen molar-refractivity contribution >= 4 is 28.1 Å². The number of halogens is 1. The maximum atomic E-state index is 14.6. The Balaban J connectivity index is 1.80. The second kappa shape index (κ2) is 9.08. The smallest absolute Gasteiger partial charge is 0.290 e. The maximum Gasteiger partial charge on any atom is 0.290 e. The summed E-state index contributed by atoms with van der Waals surface area (Å²) in [6, 6.07) is 4.39. The fourth-order valence-electron chi connectivity index (χ4n) is 3.66. The van der Waals surface area contributed by atoms with Crippen LogP contribution < -0.4 is 10.6 Å². The van der Waals surface area contributed by atoms with E-state index >= 15 is 0 Å². The summed E-state index contributed by atoms with van der Waals surface area (Å²) in [6.07, 6.45) is 0.610. The molecule has 1 atom stereocenters. The quantitative estimate of drug-likeness (QED) is 0.449. The van der Waals surface area contributed by atoms with E-state index in [0.717, 1.165) is 6.07 Å². The molecule has 0 bridgehead atoms. The van der Waals surface area contributed by atoms with Crippen LogP contribution in [0.25, 0.3) is 0 Å². The molecule has 1 aliphatic heterocycles. The number of rotatable bonds is 5. The number of hydrogen-bond acceptors (Lipinski definition) is 7. The number of nitrogens with one attached hydrogen (secondary N) is 2. The monoisotopic (exact) mass is 469 g/mol. The lowest BCUT2D eigenvalue weighted by Crippen LogP contribution is -2.50. The van der Waals surface area contributed by atoms with Crippen molar-refractivity contribution in [1.82, 2.24) is 10.5 Å². The largest absolute Gasteiger partial charge is 0.491 e. The summed E-state index contributed by atoms with van der Waals surface area (Å²) in [5, 5.41) is 17.7. The van der Waals surface area contributed by atoms with Crippen LogP contribution in [0.4, 0.5) is 10.1 Å². The molecule has 0 aliphatic carbocycles. The van der Waals surface area contributed by atoms with Gasteiger partial charge in [0, 0.05) is 17.2 Å². The molecule has 1 aliphatic rings. The highest BCUT2D eigenvalue weighted by atomic mass is 32.3. The average molecular weight is 470 g/mol. The van der Waals surface area contributed by atoms with Crippen molar-refractivity contribution in [3.05, 3.63) is 41.4 Å². The number of nitrogens with zero attached hydrogens (tertiary/aromatic N) is 1. The highest BCUT2D eigenvalue weighted by Gasteiger charge is 2.36. The highest BCUT2D eigenvalue weighted by molar-refractivity contribution is 8.24. The van der Waals surface area contributed by atoms with Gasteiger partial charge in [-0.2, -0.15) is 10.6 Å². The fraction of sp³-hybridized carbons (Fsp3) is 0.476. The van der Waals surface area contributed by atoms with E-state index in [9.17, 15) is 28.2 Å². The van der Waals surface area contributed by atoms with Crippen LogP contribution in [-0.2, 0) is 10.2 Å². The van der Waals surface area contributed by atoms with Gasteiger partial charge in [0.25, 0.3) is 11.8 Å². The SMILES string of the molecule is CC(C)(C)c1ccc(NC(=O)C(NC(=O)c2cc(O)no2)C2CCS(O)(O)CC2)cc1F. The third-order valence-electron chi connectivity index (χ3n) is 5.44. The van der Waals surface area contributed by atoms with Gasteiger partial charge in [0.05, 0.1) is 6.07 Å². The van der Waals surface area contributed by atoms with Crippen LogP contribution in [0, 0.1) is 11.7 Å². The molecule has 11 heteroatoms. The van der Waals surface area contributed by atoms with Crippen molar-refractivity contribution in [3.8, 4) is 5.88 Å². The van der Waals surface area contributed by atoms with Gasteiger partial charge in [0.1, 0.15) is 11.9 Å². The van der Waals surface area contributed by atoms with Crippen molar-refractivity contribution in [3.63, 3.8) is 0 Å². The van der Waals surface area contributed by atoms with Crippen molar-refractivity contribution in [2.75, 3.05) is 16.8 Å². The van der Waals surface area contributed by atoms with Crippen LogP contribution in [0.15, 0.2) is 28.8 Å². The molecule has 2 amide bonds. The molecule has 2 aromatic rings. The molecule has 1 saturated heterocycles. The third-order valence-corrected chi connectivity index (χ3v) is 7.22. The molecule has 0 spiro atoms. The molecule has 1 aromatic heterocycles. The molecule has 176 valence electrons. The van der Waals surface area contributed by atoms with Gasteiger partial charge in [-0.05, 0) is 47.0 Å². The van der Waals surface area contributed by atoms with Crippen molar-refractivity contribution in [1.29, 1.82) is 0 Å². The Morgan fingerprint density at radius 1 is 1.22 bits per heavy atom. The first-order chi connectivity index (χ1) is 14.9. The average Bonchev–Trinajstić information content (AvgIpc) is 3.12. The van der Waals surface area contributed by atoms with Crippen LogP contribution in [0.1, 0.15) is 49.7 Å². The number of benzene rings is 1. The Morgan fingerprint density at radius 3 is 2.41 bits per heavy atom. The molecular weight excluding hydrogens is 441 g/mol. The summed E-state index contributed by atoms with van der Waals surface area (Å²) in [4.78, 5) is 25.6. The Labute approximate surface area is 186 Å². The Kier molecular flexibility index (Phi) is 6.82. The van der Waals surface area contributed by atoms with Crippen LogP contribution in [0.2, 0.25) is 0 Å². The summed E-state index contributed by atoms with van der Waals surface area (Å²) >= 11 is 0. The van der Waals surface area contributed by atoms with Gasteiger partial charge in [-0.3, -0.25) is 18.7 Å². The van der Waals surface area contributed by atoms with E-state index < -0.39 is 45.6 Å².